The molecule has 1 aliphatic rings. The lowest BCUT2D eigenvalue weighted by atomic mass is 9.89. The van der Waals surface area contributed by atoms with E-state index in [2.05, 4.69) is 9.88 Å². The third kappa shape index (κ3) is 3.71. The van der Waals surface area contributed by atoms with Crippen LogP contribution in [0.3, 0.4) is 0 Å². The number of carboxylic acids is 1. The van der Waals surface area contributed by atoms with Crippen molar-refractivity contribution in [1.29, 1.82) is 0 Å². The number of hydrogen-bond acceptors (Lipinski definition) is 5. The van der Waals surface area contributed by atoms with Crippen LogP contribution in [0.4, 0.5) is 5.69 Å². The van der Waals surface area contributed by atoms with Crippen molar-refractivity contribution in [3.63, 3.8) is 0 Å². The molecule has 0 radical (unpaired) electrons. The molecule has 124 valence electrons. The molecule has 0 unspecified atom stereocenters. The van der Waals surface area contributed by atoms with Crippen LogP contribution in [0.2, 0.25) is 0 Å². The Morgan fingerprint density at radius 2 is 1.67 bits per heavy atom. The number of anilines is 1. The van der Waals surface area contributed by atoms with Gasteiger partial charge in [-0.15, -0.1) is 0 Å². The molecule has 3 rings (SSSR count). The zero-order chi connectivity index (χ0) is 16.9. The smallest absolute Gasteiger partial charge is 0.422 e. The first-order chi connectivity index (χ1) is 11.6. The first-order valence-electron chi connectivity index (χ1n) is 7.83. The molecule has 24 heavy (non-hydrogen) atoms. The van der Waals surface area contributed by atoms with E-state index in [-0.39, 0.29) is 5.75 Å². The monoisotopic (exact) mass is 326 g/mol. The van der Waals surface area contributed by atoms with Crippen molar-refractivity contribution in [2.75, 3.05) is 18.0 Å². The molecule has 2 aromatic rings. The molecule has 6 nitrogen and oxygen atoms in total. The van der Waals surface area contributed by atoms with Gasteiger partial charge in [-0.3, -0.25) is 4.98 Å². The summed E-state index contributed by atoms with van der Waals surface area (Å²) in [5.41, 5.74) is 2.37. The summed E-state index contributed by atoms with van der Waals surface area (Å²) >= 11 is 0. The molecule has 0 atom stereocenters. The van der Waals surface area contributed by atoms with Gasteiger partial charge in [0.15, 0.2) is 0 Å². The number of hydrogen-bond donors (Lipinski definition) is 1. The fourth-order valence-electron chi connectivity index (χ4n) is 2.98. The van der Waals surface area contributed by atoms with Gasteiger partial charge in [-0.25, -0.2) is 9.59 Å². The maximum Gasteiger partial charge on any atom is 0.422 e. The van der Waals surface area contributed by atoms with E-state index in [4.69, 9.17) is 9.84 Å². The van der Waals surface area contributed by atoms with E-state index < -0.39 is 11.9 Å². The molecule has 1 aromatic carbocycles. The van der Waals surface area contributed by atoms with Crippen molar-refractivity contribution in [2.24, 2.45) is 0 Å². The summed E-state index contributed by atoms with van der Waals surface area (Å²) in [6, 6.07) is 11.1. The van der Waals surface area contributed by atoms with E-state index >= 15 is 0 Å². The summed E-state index contributed by atoms with van der Waals surface area (Å²) in [6.45, 7) is 1.95. The zero-order valence-electron chi connectivity index (χ0n) is 13.1. The number of aromatic nitrogens is 1. The first kappa shape index (κ1) is 16.0. The Morgan fingerprint density at radius 1 is 1.04 bits per heavy atom. The Balaban J connectivity index is 1.58. The highest BCUT2D eigenvalue weighted by Gasteiger charge is 2.21. The molecule has 1 N–H and O–H groups in total. The van der Waals surface area contributed by atoms with Gasteiger partial charge >= 0.3 is 11.9 Å². The van der Waals surface area contributed by atoms with Crippen LogP contribution < -0.4 is 9.64 Å². The highest BCUT2D eigenvalue weighted by Crippen LogP contribution is 2.31. The van der Waals surface area contributed by atoms with E-state index in [1.165, 1.54) is 11.3 Å². The SMILES string of the molecule is O=C(O)C(=O)Oc1ccc(C2CCN(c3ccncc3)CC2)cc1. The fraction of sp³-hybridized carbons (Fsp3) is 0.278. The second-order valence-electron chi connectivity index (χ2n) is 5.73. The number of pyridine rings is 1. The highest BCUT2D eigenvalue weighted by molar-refractivity contribution is 6.29. The van der Waals surface area contributed by atoms with Crippen molar-refractivity contribution in [2.45, 2.75) is 18.8 Å². The van der Waals surface area contributed by atoms with Crippen LogP contribution in [0.25, 0.3) is 0 Å². The maximum atomic E-state index is 11.0. The van der Waals surface area contributed by atoms with Gasteiger partial charge in [0.2, 0.25) is 0 Å². The molecule has 1 aromatic heterocycles. The quantitative estimate of drug-likeness (QED) is 0.530. The van der Waals surface area contributed by atoms with Gasteiger partial charge in [-0.2, -0.15) is 0 Å². The molecule has 0 spiro atoms. The summed E-state index contributed by atoms with van der Waals surface area (Å²) in [5.74, 6) is -2.16. The molecule has 1 saturated heterocycles. The minimum absolute atomic E-state index is 0.250. The van der Waals surface area contributed by atoms with Crippen LogP contribution in [0.1, 0.15) is 24.3 Å². The van der Waals surface area contributed by atoms with Crippen LogP contribution in [0.15, 0.2) is 48.8 Å². The van der Waals surface area contributed by atoms with Crippen molar-refractivity contribution in [1.82, 2.24) is 4.98 Å². The number of rotatable bonds is 3. The van der Waals surface area contributed by atoms with Gasteiger partial charge < -0.3 is 14.7 Å². The average Bonchev–Trinajstić information content (AvgIpc) is 2.63. The first-order valence-corrected chi connectivity index (χ1v) is 7.83. The van der Waals surface area contributed by atoms with Gasteiger partial charge in [-0.1, -0.05) is 12.1 Å². The molecule has 0 amide bonds. The Kier molecular flexibility index (Phi) is 4.74. The standard InChI is InChI=1S/C18H18N2O4/c21-17(22)18(23)24-16-3-1-13(2-4-16)14-7-11-20(12-8-14)15-5-9-19-10-6-15/h1-6,9-10,14H,7-8,11-12H2,(H,21,22). The number of nitrogens with zero attached hydrogens (tertiary/aromatic N) is 2. The topological polar surface area (TPSA) is 79.7 Å². The Morgan fingerprint density at radius 3 is 2.25 bits per heavy atom. The Labute approximate surface area is 139 Å². The number of aliphatic carboxylic acids is 1. The van der Waals surface area contributed by atoms with Crippen molar-refractivity contribution in [3.8, 4) is 5.75 Å². The number of carboxylic acid groups (broad SMARTS) is 1. The molecule has 1 aliphatic heterocycles. The van der Waals surface area contributed by atoms with E-state index in [9.17, 15) is 9.59 Å². The van der Waals surface area contributed by atoms with Gasteiger partial charge in [0.1, 0.15) is 5.75 Å². The fourth-order valence-corrected chi connectivity index (χ4v) is 2.98. The second kappa shape index (κ2) is 7.12. The van der Waals surface area contributed by atoms with Gasteiger partial charge in [-0.05, 0) is 48.6 Å². The van der Waals surface area contributed by atoms with E-state index in [1.54, 1.807) is 24.5 Å². The normalized spacial score (nSPS) is 15.1. The number of piperidine rings is 1. The number of carbonyl (C=O) groups excluding carboxylic acids is 1. The minimum atomic E-state index is -1.59. The predicted octanol–water partition coefficient (Wildman–Crippen LogP) is 2.46. The largest absolute Gasteiger partial charge is 0.473 e. The highest BCUT2D eigenvalue weighted by atomic mass is 16.6. The summed E-state index contributed by atoms with van der Waals surface area (Å²) in [5, 5.41) is 8.54. The molecular weight excluding hydrogens is 308 g/mol. The average molecular weight is 326 g/mol. The van der Waals surface area contributed by atoms with Crippen LogP contribution in [0, 0.1) is 0 Å². The second-order valence-corrected chi connectivity index (χ2v) is 5.73. The van der Waals surface area contributed by atoms with Crippen LogP contribution >= 0.6 is 0 Å². The lowest BCUT2D eigenvalue weighted by Gasteiger charge is -2.33. The number of ether oxygens (including phenoxy) is 1. The molecule has 0 saturated carbocycles. The predicted molar refractivity (Wildman–Crippen MR) is 88.1 cm³/mol. The maximum absolute atomic E-state index is 11.0. The summed E-state index contributed by atoms with van der Waals surface area (Å²) in [6.07, 6.45) is 5.68. The van der Waals surface area contributed by atoms with Crippen molar-refractivity contribution < 1.29 is 19.4 Å². The lowest BCUT2D eigenvalue weighted by Crippen LogP contribution is -2.32. The van der Waals surface area contributed by atoms with Crippen LogP contribution in [-0.4, -0.2) is 35.1 Å². The van der Waals surface area contributed by atoms with Gasteiger partial charge in [0, 0.05) is 31.2 Å². The van der Waals surface area contributed by atoms with Crippen molar-refractivity contribution in [3.05, 3.63) is 54.4 Å². The molecule has 0 bridgehead atoms. The molecular formula is C18H18N2O4. The van der Waals surface area contributed by atoms with Gasteiger partial charge in [0.05, 0.1) is 0 Å². The minimum Gasteiger partial charge on any atom is -0.473 e. The number of benzene rings is 1. The number of esters is 1. The van der Waals surface area contributed by atoms with Gasteiger partial charge in [0.25, 0.3) is 0 Å². The molecule has 6 heteroatoms. The number of carbonyl (C=O) groups is 2. The van der Waals surface area contributed by atoms with Crippen LogP contribution in [-0.2, 0) is 9.59 Å². The Bertz CT molecular complexity index is 708. The van der Waals surface area contributed by atoms with E-state index in [0.29, 0.717) is 5.92 Å². The van der Waals surface area contributed by atoms with E-state index in [0.717, 1.165) is 25.9 Å². The van der Waals surface area contributed by atoms with Crippen LogP contribution in [0.5, 0.6) is 5.75 Å². The van der Waals surface area contributed by atoms with Crippen molar-refractivity contribution >= 4 is 17.6 Å². The summed E-state index contributed by atoms with van der Waals surface area (Å²) in [7, 11) is 0. The molecule has 2 heterocycles. The zero-order valence-corrected chi connectivity index (χ0v) is 13.1. The third-order valence-electron chi connectivity index (χ3n) is 4.26. The Hall–Kier alpha value is -2.89. The molecule has 0 aliphatic carbocycles. The summed E-state index contributed by atoms with van der Waals surface area (Å²) in [4.78, 5) is 27.9. The lowest BCUT2D eigenvalue weighted by molar-refractivity contribution is -0.158. The van der Waals surface area contributed by atoms with E-state index in [1.807, 2.05) is 24.3 Å². The third-order valence-corrected chi connectivity index (χ3v) is 4.26. The summed E-state index contributed by atoms with van der Waals surface area (Å²) < 4.78 is 4.74. The molecule has 1 fully saturated rings.